The van der Waals surface area contributed by atoms with Crippen molar-refractivity contribution >= 4 is 11.7 Å². The molecule has 74 valence electrons. The summed E-state index contributed by atoms with van der Waals surface area (Å²) in [5, 5.41) is 2.71. The third kappa shape index (κ3) is 1.69. The summed E-state index contributed by atoms with van der Waals surface area (Å²) in [5.41, 5.74) is 0.613. The maximum atomic E-state index is 12.9. The maximum Gasteiger partial charge on any atom is 0.321 e. The summed E-state index contributed by atoms with van der Waals surface area (Å²) in [6.07, 6.45) is 0.891. The van der Waals surface area contributed by atoms with Crippen LogP contribution in [0, 0.1) is 5.82 Å². The number of hydrogen-bond acceptors (Lipinski definition) is 1. The number of urea groups is 1. The number of carbonyl (C=O) groups excluding carboxylic acids is 1. The largest absolute Gasteiger partial charge is 0.338 e. The molecule has 1 aliphatic rings. The van der Waals surface area contributed by atoms with E-state index >= 15 is 0 Å². The number of halogens is 1. The zero-order valence-corrected chi connectivity index (χ0v) is 7.66. The number of hydrogen-bond donors (Lipinski definition) is 1. The van der Waals surface area contributed by atoms with Gasteiger partial charge in [0.25, 0.3) is 0 Å². The van der Waals surface area contributed by atoms with Crippen molar-refractivity contribution in [3.63, 3.8) is 0 Å². The molecule has 0 saturated carbocycles. The summed E-state index contributed by atoms with van der Waals surface area (Å²) in [5.74, 6) is -0.319. The van der Waals surface area contributed by atoms with E-state index in [0.29, 0.717) is 18.8 Å². The molecule has 1 aromatic rings. The van der Waals surface area contributed by atoms with Crippen molar-refractivity contribution in [2.45, 2.75) is 6.42 Å². The van der Waals surface area contributed by atoms with Crippen molar-refractivity contribution in [3.8, 4) is 0 Å². The summed E-state index contributed by atoms with van der Waals surface area (Å²) < 4.78 is 12.9. The highest BCUT2D eigenvalue weighted by atomic mass is 19.1. The van der Waals surface area contributed by atoms with Crippen LogP contribution in [-0.4, -0.2) is 19.1 Å². The number of rotatable bonds is 1. The lowest BCUT2D eigenvalue weighted by atomic mass is 10.2. The van der Waals surface area contributed by atoms with Crippen molar-refractivity contribution in [1.29, 1.82) is 0 Å². The van der Waals surface area contributed by atoms with Crippen LogP contribution in [0.3, 0.4) is 0 Å². The van der Waals surface area contributed by atoms with E-state index < -0.39 is 0 Å². The molecule has 1 heterocycles. The smallest absolute Gasteiger partial charge is 0.321 e. The van der Waals surface area contributed by atoms with Gasteiger partial charge in [0.2, 0.25) is 0 Å². The predicted molar refractivity (Wildman–Crippen MR) is 51.8 cm³/mol. The van der Waals surface area contributed by atoms with E-state index in [1.54, 1.807) is 17.0 Å². The van der Waals surface area contributed by atoms with E-state index in [2.05, 4.69) is 5.32 Å². The third-order valence-corrected chi connectivity index (χ3v) is 2.20. The molecule has 1 aliphatic heterocycles. The van der Waals surface area contributed by atoms with Crippen LogP contribution in [0.2, 0.25) is 0 Å². The second-order valence-corrected chi connectivity index (χ2v) is 3.22. The van der Waals surface area contributed by atoms with Crippen LogP contribution >= 0.6 is 0 Å². The Bertz CT molecular complexity index is 354. The average Bonchev–Trinajstić information content (AvgIpc) is 2.18. The number of amides is 2. The quantitative estimate of drug-likeness (QED) is 0.725. The second-order valence-electron chi connectivity index (χ2n) is 3.22. The molecule has 0 spiro atoms. The van der Waals surface area contributed by atoms with Crippen LogP contribution in [0.5, 0.6) is 0 Å². The fourth-order valence-corrected chi connectivity index (χ4v) is 1.52. The van der Waals surface area contributed by atoms with Crippen molar-refractivity contribution in [2.75, 3.05) is 18.0 Å². The first-order valence-corrected chi connectivity index (χ1v) is 4.58. The molecule has 14 heavy (non-hydrogen) atoms. The highest BCUT2D eigenvalue weighted by Crippen LogP contribution is 2.17. The van der Waals surface area contributed by atoms with Crippen LogP contribution in [0.4, 0.5) is 14.9 Å². The van der Waals surface area contributed by atoms with Gasteiger partial charge in [0.15, 0.2) is 0 Å². The Hall–Kier alpha value is -1.58. The Balaban J connectivity index is 2.24. The minimum atomic E-state index is -0.319. The fourth-order valence-electron chi connectivity index (χ4n) is 1.52. The molecule has 1 N–H and O–H groups in total. The van der Waals surface area contributed by atoms with Gasteiger partial charge in [-0.25, -0.2) is 9.18 Å². The molecular formula is C10H11FN2O. The standard InChI is InChI=1S/C10H11FN2O/c11-8-3-1-4-9(7-8)13-6-2-5-12-10(13)14/h1,3-4,7H,2,5-6H2,(H,12,14). The molecule has 0 bridgehead atoms. The fraction of sp³-hybridized carbons (Fsp3) is 0.300. The molecule has 2 amide bonds. The normalized spacial score (nSPS) is 16.6. The zero-order chi connectivity index (χ0) is 9.97. The third-order valence-electron chi connectivity index (χ3n) is 2.20. The van der Waals surface area contributed by atoms with Gasteiger partial charge in [-0.1, -0.05) is 6.07 Å². The molecule has 0 atom stereocenters. The number of nitrogens with zero attached hydrogens (tertiary/aromatic N) is 1. The van der Waals surface area contributed by atoms with Crippen molar-refractivity contribution in [2.24, 2.45) is 0 Å². The monoisotopic (exact) mass is 194 g/mol. The Labute approximate surface area is 81.5 Å². The minimum Gasteiger partial charge on any atom is -0.338 e. The van der Waals surface area contributed by atoms with Gasteiger partial charge in [-0.3, -0.25) is 4.90 Å². The van der Waals surface area contributed by atoms with E-state index in [0.717, 1.165) is 6.42 Å². The number of carbonyl (C=O) groups is 1. The molecule has 4 heteroatoms. The lowest BCUT2D eigenvalue weighted by Crippen LogP contribution is -2.46. The van der Waals surface area contributed by atoms with Crippen molar-refractivity contribution in [1.82, 2.24) is 5.32 Å². The Morgan fingerprint density at radius 1 is 1.43 bits per heavy atom. The SMILES string of the molecule is O=C1NCCCN1c1cccc(F)c1. The van der Waals surface area contributed by atoms with E-state index in [4.69, 9.17) is 0 Å². The summed E-state index contributed by atoms with van der Waals surface area (Å²) in [6, 6.07) is 5.92. The summed E-state index contributed by atoms with van der Waals surface area (Å²) in [7, 11) is 0. The molecule has 1 fully saturated rings. The first kappa shape index (κ1) is 8.99. The number of nitrogens with one attached hydrogen (secondary N) is 1. The van der Waals surface area contributed by atoms with Gasteiger partial charge in [0.05, 0.1) is 0 Å². The molecular weight excluding hydrogens is 183 g/mol. The minimum absolute atomic E-state index is 0.151. The van der Waals surface area contributed by atoms with Gasteiger partial charge in [0.1, 0.15) is 5.82 Å². The number of anilines is 1. The Morgan fingerprint density at radius 3 is 3.00 bits per heavy atom. The molecule has 0 aliphatic carbocycles. The Kier molecular flexibility index (Phi) is 2.35. The van der Waals surface area contributed by atoms with Gasteiger partial charge in [0, 0.05) is 18.8 Å². The molecule has 0 aromatic heterocycles. The summed E-state index contributed by atoms with van der Waals surface area (Å²) >= 11 is 0. The molecule has 0 radical (unpaired) electrons. The van der Waals surface area contributed by atoms with E-state index in [9.17, 15) is 9.18 Å². The van der Waals surface area contributed by atoms with E-state index in [1.807, 2.05) is 0 Å². The van der Waals surface area contributed by atoms with Gasteiger partial charge in [-0.05, 0) is 24.6 Å². The van der Waals surface area contributed by atoms with Gasteiger partial charge >= 0.3 is 6.03 Å². The lowest BCUT2D eigenvalue weighted by molar-refractivity contribution is 0.243. The topological polar surface area (TPSA) is 32.3 Å². The first-order chi connectivity index (χ1) is 6.77. The van der Waals surface area contributed by atoms with Crippen LogP contribution in [-0.2, 0) is 0 Å². The van der Waals surface area contributed by atoms with Gasteiger partial charge < -0.3 is 5.32 Å². The molecule has 3 nitrogen and oxygen atoms in total. The van der Waals surface area contributed by atoms with Crippen LogP contribution in [0.15, 0.2) is 24.3 Å². The van der Waals surface area contributed by atoms with Crippen LogP contribution in [0.25, 0.3) is 0 Å². The Morgan fingerprint density at radius 2 is 2.29 bits per heavy atom. The highest BCUT2D eigenvalue weighted by molar-refractivity contribution is 5.92. The molecule has 1 saturated heterocycles. The lowest BCUT2D eigenvalue weighted by Gasteiger charge is -2.27. The first-order valence-electron chi connectivity index (χ1n) is 4.58. The summed E-state index contributed by atoms with van der Waals surface area (Å²) in [6.45, 7) is 1.35. The zero-order valence-electron chi connectivity index (χ0n) is 7.66. The van der Waals surface area contributed by atoms with E-state index in [-0.39, 0.29) is 11.8 Å². The van der Waals surface area contributed by atoms with Crippen LogP contribution < -0.4 is 10.2 Å². The maximum absolute atomic E-state index is 12.9. The molecule has 1 aromatic carbocycles. The van der Waals surface area contributed by atoms with Gasteiger partial charge in [-0.15, -0.1) is 0 Å². The van der Waals surface area contributed by atoms with Gasteiger partial charge in [-0.2, -0.15) is 0 Å². The molecule has 0 unspecified atom stereocenters. The summed E-state index contributed by atoms with van der Waals surface area (Å²) in [4.78, 5) is 12.9. The molecule has 2 rings (SSSR count). The van der Waals surface area contributed by atoms with Crippen molar-refractivity contribution < 1.29 is 9.18 Å². The number of benzene rings is 1. The average molecular weight is 194 g/mol. The predicted octanol–water partition coefficient (Wildman–Crippen LogP) is 1.75. The highest BCUT2D eigenvalue weighted by Gasteiger charge is 2.18. The second kappa shape index (κ2) is 3.65. The van der Waals surface area contributed by atoms with Crippen molar-refractivity contribution in [3.05, 3.63) is 30.1 Å². The van der Waals surface area contributed by atoms with E-state index in [1.165, 1.54) is 12.1 Å². The van der Waals surface area contributed by atoms with Crippen LogP contribution in [0.1, 0.15) is 6.42 Å².